The molecule has 42 valence electrons. The molecule has 0 saturated heterocycles. The van der Waals surface area contributed by atoms with Gasteiger partial charge in [0, 0.05) is 5.03 Å². The predicted molar refractivity (Wildman–Crippen MR) is 33.7 cm³/mol. The van der Waals surface area contributed by atoms with Gasteiger partial charge in [0.2, 0.25) is 0 Å². The molecule has 1 nitrogen and oxygen atoms in total. The van der Waals surface area contributed by atoms with Crippen LogP contribution in [0.25, 0.3) is 0 Å². The van der Waals surface area contributed by atoms with Gasteiger partial charge in [-0.05, 0) is 7.05 Å². The van der Waals surface area contributed by atoms with Crippen molar-refractivity contribution in [2.24, 2.45) is 0 Å². The molecule has 0 aliphatic heterocycles. The van der Waals surface area contributed by atoms with E-state index in [1.165, 1.54) is 0 Å². The van der Waals surface area contributed by atoms with E-state index in [1.54, 1.807) is 7.05 Å². The minimum atomic E-state index is -0.304. The summed E-state index contributed by atoms with van der Waals surface area (Å²) in [6.07, 6.45) is 0. The lowest BCUT2D eigenvalue weighted by Gasteiger charge is -2.01. The Bertz CT molecular complexity index is 72.1. The predicted octanol–water partition coefficient (Wildman–Crippen LogP) is 1.52. The summed E-state index contributed by atoms with van der Waals surface area (Å²) in [5.74, 6) is 0. The Labute approximate surface area is 53.3 Å². The van der Waals surface area contributed by atoms with Crippen molar-refractivity contribution >= 4 is 23.2 Å². The number of rotatable bonds is 2. The van der Waals surface area contributed by atoms with Crippen molar-refractivity contribution in [3.05, 3.63) is 11.6 Å². The van der Waals surface area contributed by atoms with Crippen LogP contribution in [0.1, 0.15) is 0 Å². The van der Waals surface area contributed by atoms with Crippen LogP contribution in [0.15, 0.2) is 11.6 Å². The van der Waals surface area contributed by atoms with E-state index in [9.17, 15) is 0 Å². The van der Waals surface area contributed by atoms with E-state index in [4.69, 9.17) is 23.2 Å². The van der Waals surface area contributed by atoms with Crippen molar-refractivity contribution in [1.82, 2.24) is 5.32 Å². The number of nitrogens with one attached hydrogen (secondary N) is 1. The first kappa shape index (κ1) is 7.28. The lowest BCUT2D eigenvalue weighted by Crippen LogP contribution is -2.17. The average molecular weight is 140 g/mol. The fourth-order valence-electron chi connectivity index (χ4n) is 0.157. The molecule has 3 heteroatoms. The van der Waals surface area contributed by atoms with Gasteiger partial charge in [-0.1, -0.05) is 29.8 Å². The molecule has 0 heterocycles. The highest BCUT2D eigenvalue weighted by Gasteiger charge is 1.99. The molecule has 0 rings (SSSR count). The molecule has 0 aromatic carbocycles. The lowest BCUT2D eigenvalue weighted by atomic mass is 10.6. The van der Waals surface area contributed by atoms with Gasteiger partial charge >= 0.3 is 0 Å². The van der Waals surface area contributed by atoms with Crippen LogP contribution < -0.4 is 5.32 Å². The van der Waals surface area contributed by atoms with Crippen LogP contribution in [0.2, 0.25) is 0 Å². The van der Waals surface area contributed by atoms with E-state index in [2.05, 4.69) is 11.9 Å². The number of alkyl halides is 1. The molecule has 0 saturated carbocycles. The fourth-order valence-corrected chi connectivity index (χ4v) is 0.266. The van der Waals surface area contributed by atoms with Gasteiger partial charge in [0.05, 0.1) is 0 Å². The highest BCUT2D eigenvalue weighted by molar-refractivity contribution is 6.36. The van der Waals surface area contributed by atoms with Gasteiger partial charge in [-0.25, -0.2) is 0 Å². The average Bonchev–Trinajstić information content (AvgIpc) is 1.65. The molecule has 0 aliphatic rings. The monoisotopic (exact) mass is 139 g/mol. The summed E-state index contributed by atoms with van der Waals surface area (Å²) in [4.78, 5) is 0. The Balaban J connectivity index is 3.34. The van der Waals surface area contributed by atoms with Crippen LogP contribution in [0.4, 0.5) is 0 Å². The van der Waals surface area contributed by atoms with E-state index < -0.39 is 0 Å². The van der Waals surface area contributed by atoms with Crippen LogP contribution in [0.5, 0.6) is 0 Å². The summed E-state index contributed by atoms with van der Waals surface area (Å²) >= 11 is 10.8. The summed E-state index contributed by atoms with van der Waals surface area (Å²) in [5.41, 5.74) is -0.304. The molecule has 0 aliphatic carbocycles. The second kappa shape index (κ2) is 3.30. The Morgan fingerprint density at radius 2 is 2.29 bits per heavy atom. The lowest BCUT2D eigenvalue weighted by molar-refractivity contribution is 0.847. The van der Waals surface area contributed by atoms with E-state index in [0.717, 1.165) is 0 Å². The second-order valence-electron chi connectivity index (χ2n) is 1.10. The molecule has 7 heavy (non-hydrogen) atoms. The Morgan fingerprint density at radius 3 is 2.29 bits per heavy atom. The smallest absolute Gasteiger partial charge is 0.118 e. The van der Waals surface area contributed by atoms with E-state index in [-0.39, 0.29) is 5.50 Å². The summed E-state index contributed by atoms with van der Waals surface area (Å²) < 4.78 is 0. The molecule has 1 unspecified atom stereocenters. The number of likely N-dealkylation sites (N-methyl/N-ethyl adjacent to an activating group) is 1. The topological polar surface area (TPSA) is 12.0 Å². The van der Waals surface area contributed by atoms with Crippen molar-refractivity contribution in [3.8, 4) is 0 Å². The Kier molecular flexibility index (Phi) is 3.44. The zero-order chi connectivity index (χ0) is 5.86. The molecular formula is C4H7Cl2N. The third-order valence-electron chi connectivity index (χ3n) is 0.528. The van der Waals surface area contributed by atoms with Gasteiger partial charge < -0.3 is 0 Å². The van der Waals surface area contributed by atoms with Crippen molar-refractivity contribution < 1.29 is 0 Å². The summed E-state index contributed by atoms with van der Waals surface area (Å²) in [6.45, 7) is 3.40. The van der Waals surface area contributed by atoms with E-state index in [1.807, 2.05) is 0 Å². The van der Waals surface area contributed by atoms with E-state index in [0.29, 0.717) is 5.03 Å². The van der Waals surface area contributed by atoms with Crippen molar-refractivity contribution in [2.45, 2.75) is 5.50 Å². The molecular weight excluding hydrogens is 133 g/mol. The summed E-state index contributed by atoms with van der Waals surface area (Å²) in [7, 11) is 1.71. The first-order chi connectivity index (χ1) is 3.18. The highest BCUT2D eigenvalue weighted by atomic mass is 35.5. The molecule has 0 aromatic heterocycles. The normalized spacial score (nSPS) is 13.6. The van der Waals surface area contributed by atoms with Crippen LogP contribution in [0.3, 0.4) is 0 Å². The summed E-state index contributed by atoms with van der Waals surface area (Å²) in [6, 6.07) is 0. The zero-order valence-electron chi connectivity index (χ0n) is 4.04. The minimum absolute atomic E-state index is 0.304. The number of halogens is 2. The maximum absolute atomic E-state index is 5.46. The third kappa shape index (κ3) is 2.92. The van der Waals surface area contributed by atoms with Crippen molar-refractivity contribution in [1.29, 1.82) is 0 Å². The third-order valence-corrected chi connectivity index (χ3v) is 1.34. The molecule has 0 spiro atoms. The van der Waals surface area contributed by atoms with Crippen LogP contribution in [0, 0.1) is 0 Å². The molecule has 1 atom stereocenters. The molecule has 0 bridgehead atoms. The maximum atomic E-state index is 5.46. The number of hydrogen-bond donors (Lipinski definition) is 1. The number of hydrogen-bond acceptors (Lipinski definition) is 1. The quantitative estimate of drug-likeness (QED) is 0.453. The van der Waals surface area contributed by atoms with Gasteiger partial charge in [0.25, 0.3) is 0 Å². The highest BCUT2D eigenvalue weighted by Crippen LogP contribution is 2.06. The van der Waals surface area contributed by atoms with Crippen molar-refractivity contribution in [3.63, 3.8) is 0 Å². The van der Waals surface area contributed by atoms with Gasteiger partial charge in [-0.3, -0.25) is 5.32 Å². The SMILES string of the molecule is C=C(Cl)C(Cl)NC. The van der Waals surface area contributed by atoms with Gasteiger partial charge in [0.15, 0.2) is 0 Å². The standard InChI is InChI=1S/C4H7Cl2N/c1-3(5)4(6)7-2/h4,7H,1H2,2H3. The first-order valence-electron chi connectivity index (χ1n) is 1.84. The zero-order valence-corrected chi connectivity index (χ0v) is 5.55. The minimum Gasteiger partial charge on any atom is -0.300 e. The van der Waals surface area contributed by atoms with Gasteiger partial charge in [-0.15, -0.1) is 0 Å². The van der Waals surface area contributed by atoms with E-state index >= 15 is 0 Å². The van der Waals surface area contributed by atoms with Crippen LogP contribution in [-0.4, -0.2) is 12.5 Å². The Morgan fingerprint density at radius 1 is 1.86 bits per heavy atom. The summed E-state index contributed by atoms with van der Waals surface area (Å²) in [5, 5.41) is 3.12. The fraction of sp³-hybridized carbons (Fsp3) is 0.500. The maximum Gasteiger partial charge on any atom is 0.118 e. The Hall–Kier alpha value is 0.280. The largest absolute Gasteiger partial charge is 0.300 e. The first-order valence-corrected chi connectivity index (χ1v) is 2.65. The molecule has 0 fully saturated rings. The van der Waals surface area contributed by atoms with Gasteiger partial charge in [-0.2, -0.15) is 0 Å². The molecule has 0 radical (unpaired) electrons. The van der Waals surface area contributed by atoms with Crippen LogP contribution >= 0.6 is 23.2 Å². The molecule has 0 aromatic rings. The van der Waals surface area contributed by atoms with Gasteiger partial charge in [0.1, 0.15) is 5.50 Å². The van der Waals surface area contributed by atoms with Crippen molar-refractivity contribution in [2.75, 3.05) is 7.05 Å². The molecule has 0 amide bonds. The van der Waals surface area contributed by atoms with Crippen LogP contribution in [-0.2, 0) is 0 Å². The molecule has 1 N–H and O–H groups in total. The second-order valence-corrected chi connectivity index (χ2v) is 2.02.